The summed E-state index contributed by atoms with van der Waals surface area (Å²) in [4.78, 5) is 32.6. The van der Waals surface area contributed by atoms with E-state index in [1.165, 1.54) is 0 Å². The van der Waals surface area contributed by atoms with Crippen molar-refractivity contribution in [2.45, 2.75) is 63.4 Å². The number of nitrogens with zero attached hydrogens (tertiary/aromatic N) is 1. The number of hydrogen-bond donors (Lipinski definition) is 0. The number of carbonyl (C=O) groups is 2. The largest absolute Gasteiger partial charge is 0.496 e. The highest BCUT2D eigenvalue weighted by molar-refractivity contribution is 9.10. The van der Waals surface area contributed by atoms with Crippen LogP contribution in [0.1, 0.15) is 68.4 Å². The average Bonchev–Trinajstić information content (AvgIpc) is 3.44. The number of carbonyl (C=O) groups excluding carboxylic acids is 2. The predicted molar refractivity (Wildman–Crippen MR) is 152 cm³/mol. The van der Waals surface area contributed by atoms with Gasteiger partial charge in [-0.25, -0.2) is 0 Å². The minimum Gasteiger partial charge on any atom is -0.496 e. The molecule has 2 aromatic rings. The van der Waals surface area contributed by atoms with Gasteiger partial charge in [0.05, 0.1) is 21.3 Å². The van der Waals surface area contributed by atoms with Gasteiger partial charge in [-0.05, 0) is 80.8 Å². The number of allylic oxidation sites excluding steroid dienone is 2. The number of aliphatic imine (C=N–C) groups is 1. The van der Waals surface area contributed by atoms with Gasteiger partial charge in [-0.2, -0.15) is 0 Å². The molecule has 3 aliphatic rings. The Labute approximate surface area is 237 Å². The molecule has 39 heavy (non-hydrogen) atoms. The van der Waals surface area contributed by atoms with Crippen LogP contribution in [0.25, 0.3) is 0 Å². The Morgan fingerprint density at radius 1 is 0.923 bits per heavy atom. The monoisotopic (exact) mass is 595 g/mol. The molecular formula is C31H34BrNO6. The zero-order chi connectivity index (χ0) is 27.7. The second kappa shape index (κ2) is 11.5. The normalized spacial score (nSPS) is 23.3. The number of methoxy groups -OCH3 is 3. The summed E-state index contributed by atoms with van der Waals surface area (Å²) < 4.78 is 23.5. The first-order chi connectivity index (χ1) is 18.8. The van der Waals surface area contributed by atoms with Gasteiger partial charge in [-0.3, -0.25) is 14.6 Å². The molecule has 1 aliphatic heterocycles. The van der Waals surface area contributed by atoms with E-state index < -0.39 is 11.8 Å². The fourth-order valence-electron chi connectivity index (χ4n) is 6.24. The number of esters is 1. The van der Waals surface area contributed by atoms with Gasteiger partial charge in [0.25, 0.3) is 0 Å². The van der Waals surface area contributed by atoms with Crippen LogP contribution >= 0.6 is 15.9 Å². The molecule has 5 rings (SSSR count). The Morgan fingerprint density at radius 2 is 1.62 bits per heavy atom. The van der Waals surface area contributed by atoms with Crippen LogP contribution in [0.5, 0.6) is 17.2 Å². The van der Waals surface area contributed by atoms with Crippen molar-refractivity contribution < 1.29 is 28.5 Å². The standard InChI is InChI=1S/C31H34BrNO6/c1-17-28(31(35)39-21-7-5-6-8-21)29(22-16-20(32)10-12-25(22)36-2)30-23(33-17)13-19(14-24(30)34)18-9-11-26(37-3)27(15-18)38-4/h9-12,15-16,19,21,28-29H,5-8,13-14H2,1-4H3/t19-,28?,29+/m0/s1. The van der Waals surface area contributed by atoms with Crippen molar-refractivity contribution >= 4 is 33.4 Å². The highest BCUT2D eigenvalue weighted by Gasteiger charge is 2.46. The minimum atomic E-state index is -0.700. The second-order valence-electron chi connectivity index (χ2n) is 10.4. The number of ether oxygens (including phenoxy) is 4. The van der Waals surface area contributed by atoms with Gasteiger partial charge in [-0.1, -0.05) is 22.0 Å². The average molecular weight is 597 g/mol. The molecule has 1 fully saturated rings. The Bertz CT molecular complexity index is 1340. The maximum Gasteiger partial charge on any atom is 0.315 e. The van der Waals surface area contributed by atoms with Gasteiger partial charge in [0.15, 0.2) is 17.3 Å². The van der Waals surface area contributed by atoms with Crippen molar-refractivity contribution in [3.8, 4) is 17.2 Å². The Morgan fingerprint density at radius 3 is 2.31 bits per heavy atom. The van der Waals surface area contributed by atoms with E-state index in [2.05, 4.69) is 15.9 Å². The van der Waals surface area contributed by atoms with Crippen molar-refractivity contribution in [3.63, 3.8) is 0 Å². The third-order valence-electron chi connectivity index (χ3n) is 8.13. The summed E-state index contributed by atoms with van der Waals surface area (Å²) in [6, 6.07) is 11.5. The van der Waals surface area contributed by atoms with E-state index in [0.717, 1.165) is 47.0 Å². The summed E-state index contributed by atoms with van der Waals surface area (Å²) in [6.45, 7) is 1.87. The van der Waals surface area contributed by atoms with Crippen LogP contribution in [0.2, 0.25) is 0 Å². The van der Waals surface area contributed by atoms with E-state index in [1.807, 2.05) is 43.3 Å². The first-order valence-electron chi connectivity index (χ1n) is 13.4. The summed E-state index contributed by atoms with van der Waals surface area (Å²) in [5.41, 5.74) is 3.73. The molecule has 1 unspecified atom stereocenters. The van der Waals surface area contributed by atoms with Crippen molar-refractivity contribution in [3.05, 3.63) is 63.3 Å². The topological polar surface area (TPSA) is 83.4 Å². The Balaban J connectivity index is 1.57. The first kappa shape index (κ1) is 27.4. The second-order valence-corrected chi connectivity index (χ2v) is 11.4. The number of Topliss-reactive ketones (excluding diaryl/α,β-unsaturated/α-hetero) is 1. The minimum absolute atomic E-state index is 0.0158. The fraction of sp³-hybridized carbons (Fsp3) is 0.452. The molecule has 0 bridgehead atoms. The van der Waals surface area contributed by atoms with Crippen LogP contribution < -0.4 is 14.2 Å². The molecule has 0 saturated heterocycles. The lowest BCUT2D eigenvalue weighted by Crippen LogP contribution is -2.39. The number of hydrogen-bond acceptors (Lipinski definition) is 7. The Kier molecular flexibility index (Phi) is 8.12. The number of rotatable bonds is 7. The number of benzene rings is 2. The zero-order valence-corrected chi connectivity index (χ0v) is 24.4. The summed E-state index contributed by atoms with van der Waals surface area (Å²) in [6.07, 6.45) is 4.67. The molecule has 206 valence electrons. The van der Waals surface area contributed by atoms with Crippen LogP contribution in [-0.4, -0.2) is 44.9 Å². The van der Waals surface area contributed by atoms with Gasteiger partial charge >= 0.3 is 5.97 Å². The van der Waals surface area contributed by atoms with Gasteiger partial charge < -0.3 is 18.9 Å². The van der Waals surface area contributed by atoms with E-state index in [9.17, 15) is 9.59 Å². The summed E-state index contributed by atoms with van der Waals surface area (Å²) >= 11 is 3.58. The lowest BCUT2D eigenvalue weighted by molar-refractivity contribution is -0.151. The molecule has 1 heterocycles. The maximum absolute atomic E-state index is 14.0. The molecule has 0 aromatic heterocycles. The zero-order valence-electron chi connectivity index (χ0n) is 22.8. The molecule has 2 aromatic carbocycles. The molecule has 7 nitrogen and oxygen atoms in total. The summed E-state index contributed by atoms with van der Waals surface area (Å²) in [7, 11) is 4.81. The number of ketones is 1. The van der Waals surface area contributed by atoms with Gasteiger partial charge in [0.1, 0.15) is 17.8 Å². The van der Waals surface area contributed by atoms with Crippen LogP contribution in [0, 0.1) is 5.92 Å². The molecule has 0 amide bonds. The van der Waals surface area contributed by atoms with Crippen molar-refractivity contribution in [2.24, 2.45) is 10.9 Å². The highest BCUT2D eigenvalue weighted by Crippen LogP contribution is 2.49. The molecular weight excluding hydrogens is 562 g/mol. The van der Waals surface area contributed by atoms with Gasteiger partial charge in [-0.15, -0.1) is 0 Å². The highest BCUT2D eigenvalue weighted by atomic mass is 79.9. The van der Waals surface area contributed by atoms with Crippen LogP contribution in [0.15, 0.2) is 57.1 Å². The van der Waals surface area contributed by atoms with Gasteiger partial charge in [0.2, 0.25) is 0 Å². The SMILES string of the molecule is COc1ccc([C@@H]2CC(=O)C3=C(C2)N=C(C)C(C(=O)OC2CCCC2)[C@H]3c2cc(Br)ccc2OC)cc1OC. The quantitative estimate of drug-likeness (QED) is 0.338. The van der Waals surface area contributed by atoms with E-state index in [1.54, 1.807) is 21.3 Å². The van der Waals surface area contributed by atoms with Crippen LogP contribution in [0.3, 0.4) is 0 Å². The van der Waals surface area contributed by atoms with E-state index in [4.69, 9.17) is 23.9 Å². The molecule has 0 radical (unpaired) electrons. The van der Waals surface area contributed by atoms with E-state index >= 15 is 0 Å². The lowest BCUT2D eigenvalue weighted by atomic mass is 9.69. The third-order valence-corrected chi connectivity index (χ3v) is 8.63. The van der Waals surface area contributed by atoms with Crippen molar-refractivity contribution in [1.29, 1.82) is 0 Å². The third kappa shape index (κ3) is 5.36. The molecule has 8 heteroatoms. The first-order valence-corrected chi connectivity index (χ1v) is 14.2. The smallest absolute Gasteiger partial charge is 0.315 e. The van der Waals surface area contributed by atoms with Crippen molar-refractivity contribution in [2.75, 3.05) is 21.3 Å². The molecule has 3 atom stereocenters. The van der Waals surface area contributed by atoms with E-state index in [0.29, 0.717) is 41.4 Å². The fourth-order valence-corrected chi connectivity index (χ4v) is 6.61. The van der Waals surface area contributed by atoms with Crippen LogP contribution in [0.4, 0.5) is 0 Å². The molecule has 2 aliphatic carbocycles. The van der Waals surface area contributed by atoms with Crippen LogP contribution in [-0.2, 0) is 14.3 Å². The van der Waals surface area contributed by atoms with Gasteiger partial charge in [0, 0.05) is 39.4 Å². The maximum atomic E-state index is 14.0. The van der Waals surface area contributed by atoms with E-state index in [-0.39, 0.29) is 23.8 Å². The van der Waals surface area contributed by atoms with Crippen molar-refractivity contribution in [1.82, 2.24) is 0 Å². The summed E-state index contributed by atoms with van der Waals surface area (Å²) in [5, 5.41) is 0. The summed E-state index contributed by atoms with van der Waals surface area (Å²) in [5.74, 6) is 0.233. The number of halogens is 1. The molecule has 1 saturated carbocycles. The predicted octanol–water partition coefficient (Wildman–Crippen LogP) is 6.54. The lowest BCUT2D eigenvalue weighted by Gasteiger charge is -2.37. The Hall–Kier alpha value is -3.13. The molecule has 0 N–H and O–H groups in total. The molecule has 0 spiro atoms.